The van der Waals surface area contributed by atoms with E-state index in [1.54, 1.807) is 0 Å². The SMILES string of the molecule is CCNC(=NCCCN1CCCCC1C)NCCS(=O)(=O)NCc1ccccc1.I. The van der Waals surface area contributed by atoms with Crippen LogP contribution < -0.4 is 15.4 Å². The summed E-state index contributed by atoms with van der Waals surface area (Å²) >= 11 is 0. The number of piperidine rings is 1. The van der Waals surface area contributed by atoms with Crippen LogP contribution in [0, 0.1) is 0 Å². The number of nitrogens with zero attached hydrogens (tertiary/aromatic N) is 2. The highest BCUT2D eigenvalue weighted by molar-refractivity contribution is 14.0. The number of halogens is 1. The molecule has 2 rings (SSSR count). The normalized spacial score (nSPS) is 17.9. The van der Waals surface area contributed by atoms with Crippen LogP contribution in [0.4, 0.5) is 0 Å². The number of hydrogen-bond donors (Lipinski definition) is 3. The highest BCUT2D eigenvalue weighted by Crippen LogP contribution is 2.16. The van der Waals surface area contributed by atoms with Gasteiger partial charge in [-0.1, -0.05) is 36.8 Å². The van der Waals surface area contributed by atoms with Crippen LogP contribution in [0.1, 0.15) is 45.1 Å². The molecule has 1 aromatic carbocycles. The van der Waals surface area contributed by atoms with Gasteiger partial charge in [-0.05, 0) is 45.2 Å². The van der Waals surface area contributed by atoms with Gasteiger partial charge in [-0.15, -0.1) is 24.0 Å². The van der Waals surface area contributed by atoms with Gasteiger partial charge in [0.2, 0.25) is 10.0 Å². The predicted molar refractivity (Wildman–Crippen MR) is 136 cm³/mol. The summed E-state index contributed by atoms with van der Waals surface area (Å²) in [5.74, 6) is 0.688. The van der Waals surface area contributed by atoms with Gasteiger partial charge in [-0.25, -0.2) is 13.1 Å². The Labute approximate surface area is 199 Å². The first kappa shape index (κ1) is 27.1. The first-order chi connectivity index (χ1) is 14.0. The molecule has 1 heterocycles. The van der Waals surface area contributed by atoms with Gasteiger partial charge in [0.15, 0.2) is 5.96 Å². The van der Waals surface area contributed by atoms with E-state index in [0.717, 1.165) is 31.6 Å². The van der Waals surface area contributed by atoms with Crippen molar-refractivity contribution in [3.8, 4) is 0 Å². The van der Waals surface area contributed by atoms with E-state index in [0.29, 0.717) is 25.1 Å². The maximum atomic E-state index is 12.2. The Balaban J connectivity index is 0.00000450. The second kappa shape index (κ2) is 15.0. The Hall–Kier alpha value is -0.910. The fourth-order valence-electron chi connectivity index (χ4n) is 3.46. The Bertz CT molecular complexity index is 715. The van der Waals surface area contributed by atoms with Gasteiger partial charge in [0.05, 0.1) is 5.75 Å². The number of aliphatic imine (C=N–C) groups is 1. The van der Waals surface area contributed by atoms with Crippen LogP contribution in [0.25, 0.3) is 0 Å². The maximum Gasteiger partial charge on any atom is 0.213 e. The van der Waals surface area contributed by atoms with Crippen molar-refractivity contribution in [2.75, 3.05) is 38.5 Å². The molecule has 1 unspecified atom stereocenters. The lowest BCUT2D eigenvalue weighted by atomic mass is 10.0. The van der Waals surface area contributed by atoms with E-state index >= 15 is 0 Å². The number of likely N-dealkylation sites (tertiary alicyclic amines) is 1. The summed E-state index contributed by atoms with van der Waals surface area (Å²) in [7, 11) is -3.34. The molecule has 1 saturated heterocycles. The highest BCUT2D eigenvalue weighted by atomic mass is 127. The van der Waals surface area contributed by atoms with Gasteiger partial charge in [-0.2, -0.15) is 0 Å². The number of sulfonamides is 1. The van der Waals surface area contributed by atoms with Crippen molar-refractivity contribution in [1.82, 2.24) is 20.3 Å². The number of hydrogen-bond acceptors (Lipinski definition) is 4. The Morgan fingerprint density at radius 1 is 1.20 bits per heavy atom. The van der Waals surface area contributed by atoms with E-state index in [-0.39, 0.29) is 29.7 Å². The van der Waals surface area contributed by atoms with Gasteiger partial charge in [0.1, 0.15) is 0 Å². The molecule has 1 aliphatic rings. The highest BCUT2D eigenvalue weighted by Gasteiger charge is 2.17. The molecular formula is C21H38IN5O2S. The quantitative estimate of drug-likeness (QED) is 0.170. The Morgan fingerprint density at radius 2 is 1.97 bits per heavy atom. The average Bonchev–Trinajstić information content (AvgIpc) is 2.71. The molecule has 0 radical (unpaired) electrons. The van der Waals surface area contributed by atoms with Crippen LogP contribution in [-0.4, -0.2) is 63.8 Å². The predicted octanol–water partition coefficient (Wildman–Crippen LogP) is 2.54. The lowest BCUT2D eigenvalue weighted by Gasteiger charge is -2.33. The molecule has 9 heteroatoms. The molecule has 0 amide bonds. The van der Waals surface area contributed by atoms with Crippen molar-refractivity contribution in [3.05, 3.63) is 35.9 Å². The zero-order valence-electron chi connectivity index (χ0n) is 18.3. The third-order valence-electron chi connectivity index (χ3n) is 5.16. The molecule has 0 bridgehead atoms. The van der Waals surface area contributed by atoms with Crippen LogP contribution in [-0.2, 0) is 16.6 Å². The summed E-state index contributed by atoms with van der Waals surface area (Å²) < 4.78 is 27.0. The van der Waals surface area contributed by atoms with E-state index in [9.17, 15) is 8.42 Å². The monoisotopic (exact) mass is 551 g/mol. The van der Waals surface area contributed by atoms with E-state index in [1.807, 2.05) is 37.3 Å². The standard InChI is InChI=1S/C21H37N5O2S.HI/c1-3-22-21(23-13-9-16-26-15-8-7-10-19(26)2)24-14-17-29(27,28)25-18-20-11-5-4-6-12-20;/h4-6,11-12,19,25H,3,7-10,13-18H2,1-2H3,(H2,22,23,24);1H. The molecule has 0 aliphatic carbocycles. The molecule has 30 heavy (non-hydrogen) atoms. The fraction of sp³-hybridized carbons (Fsp3) is 0.667. The minimum Gasteiger partial charge on any atom is -0.357 e. The minimum absolute atomic E-state index is 0. The molecule has 0 spiro atoms. The molecule has 3 N–H and O–H groups in total. The van der Waals surface area contributed by atoms with Crippen LogP contribution in [0.2, 0.25) is 0 Å². The zero-order chi connectivity index (χ0) is 21.0. The van der Waals surface area contributed by atoms with Crippen molar-refractivity contribution >= 4 is 40.0 Å². The largest absolute Gasteiger partial charge is 0.357 e. The Kier molecular flexibility index (Phi) is 13.5. The first-order valence-electron chi connectivity index (χ1n) is 10.8. The summed E-state index contributed by atoms with van der Waals surface area (Å²) in [6, 6.07) is 10.2. The second-order valence-electron chi connectivity index (χ2n) is 7.55. The Morgan fingerprint density at radius 3 is 2.67 bits per heavy atom. The molecule has 1 aliphatic heterocycles. The van der Waals surface area contributed by atoms with Crippen LogP contribution in [0.3, 0.4) is 0 Å². The van der Waals surface area contributed by atoms with Crippen molar-refractivity contribution < 1.29 is 8.42 Å². The topological polar surface area (TPSA) is 85.8 Å². The van der Waals surface area contributed by atoms with Crippen LogP contribution in [0.5, 0.6) is 0 Å². The van der Waals surface area contributed by atoms with Gasteiger partial charge < -0.3 is 15.5 Å². The summed E-state index contributed by atoms with van der Waals surface area (Å²) in [4.78, 5) is 7.13. The van der Waals surface area contributed by atoms with Gasteiger partial charge >= 0.3 is 0 Å². The zero-order valence-corrected chi connectivity index (χ0v) is 21.4. The van der Waals surface area contributed by atoms with Crippen molar-refractivity contribution in [2.45, 2.75) is 52.1 Å². The van der Waals surface area contributed by atoms with Crippen LogP contribution in [0.15, 0.2) is 35.3 Å². The van der Waals surface area contributed by atoms with E-state index < -0.39 is 10.0 Å². The minimum atomic E-state index is -3.34. The van der Waals surface area contributed by atoms with Gasteiger partial charge in [-0.3, -0.25) is 4.99 Å². The third-order valence-corrected chi connectivity index (χ3v) is 6.49. The molecule has 1 atom stereocenters. The number of rotatable bonds is 11. The summed E-state index contributed by atoms with van der Waals surface area (Å²) in [6.07, 6.45) is 4.94. The molecular weight excluding hydrogens is 513 g/mol. The number of guanidine groups is 1. The smallest absolute Gasteiger partial charge is 0.213 e. The van der Waals surface area contributed by atoms with Crippen molar-refractivity contribution in [2.24, 2.45) is 4.99 Å². The van der Waals surface area contributed by atoms with Gasteiger partial charge in [0, 0.05) is 38.8 Å². The lowest BCUT2D eigenvalue weighted by Crippen LogP contribution is -2.41. The summed E-state index contributed by atoms with van der Waals surface area (Å²) in [6.45, 7) is 8.68. The second-order valence-corrected chi connectivity index (χ2v) is 9.47. The summed E-state index contributed by atoms with van der Waals surface area (Å²) in [5.41, 5.74) is 0.946. The van der Waals surface area contributed by atoms with E-state index in [1.165, 1.54) is 25.8 Å². The molecule has 0 aromatic heterocycles. The van der Waals surface area contributed by atoms with E-state index in [2.05, 4.69) is 32.2 Å². The van der Waals surface area contributed by atoms with Crippen LogP contribution >= 0.6 is 24.0 Å². The molecule has 0 saturated carbocycles. The average molecular weight is 552 g/mol. The molecule has 172 valence electrons. The summed E-state index contributed by atoms with van der Waals surface area (Å²) in [5, 5.41) is 6.31. The molecule has 1 aromatic rings. The fourth-order valence-corrected chi connectivity index (χ4v) is 4.36. The third kappa shape index (κ3) is 10.9. The van der Waals surface area contributed by atoms with Crippen molar-refractivity contribution in [1.29, 1.82) is 0 Å². The number of nitrogens with one attached hydrogen (secondary N) is 3. The molecule has 1 fully saturated rings. The lowest BCUT2D eigenvalue weighted by molar-refractivity contribution is 0.160. The van der Waals surface area contributed by atoms with E-state index in [4.69, 9.17) is 0 Å². The van der Waals surface area contributed by atoms with Crippen molar-refractivity contribution in [3.63, 3.8) is 0 Å². The number of benzene rings is 1. The first-order valence-corrected chi connectivity index (χ1v) is 12.4. The maximum absolute atomic E-state index is 12.2. The molecule has 7 nitrogen and oxygen atoms in total. The van der Waals surface area contributed by atoms with Gasteiger partial charge in [0.25, 0.3) is 0 Å².